The van der Waals surface area contributed by atoms with Crippen molar-refractivity contribution in [3.63, 3.8) is 0 Å². The van der Waals surface area contributed by atoms with E-state index in [9.17, 15) is 0 Å². The van der Waals surface area contributed by atoms with E-state index in [-0.39, 0.29) is 0 Å². The molecule has 0 fully saturated rings. The maximum Gasteiger partial charge on any atom is 0.243 e. The van der Waals surface area contributed by atoms with Gasteiger partial charge >= 0.3 is 0 Å². The predicted octanol–water partition coefficient (Wildman–Crippen LogP) is 1.75. The molecule has 0 unspecified atom stereocenters. The van der Waals surface area contributed by atoms with E-state index in [0.29, 0.717) is 12.5 Å². The van der Waals surface area contributed by atoms with Crippen molar-refractivity contribution in [2.24, 2.45) is 0 Å². The molecule has 96 valence electrons. The average Bonchev–Trinajstić information content (AvgIpc) is 2.78. The Hall–Kier alpha value is -2.50. The maximum absolute atomic E-state index is 4.39. The Labute approximate surface area is 110 Å². The third kappa shape index (κ3) is 2.52. The SMILES string of the molecule is Cc1ccc2nc(NCc3ccnc(C)n3)nn2c1. The first-order chi connectivity index (χ1) is 9.20. The number of aryl methyl sites for hydroxylation is 2. The van der Waals surface area contributed by atoms with E-state index < -0.39 is 0 Å². The normalized spacial score (nSPS) is 10.8. The number of nitrogens with zero attached hydrogens (tertiary/aromatic N) is 5. The van der Waals surface area contributed by atoms with Crippen molar-refractivity contribution in [2.45, 2.75) is 20.4 Å². The van der Waals surface area contributed by atoms with Gasteiger partial charge in [-0.15, -0.1) is 5.10 Å². The Morgan fingerprint density at radius 3 is 2.89 bits per heavy atom. The summed E-state index contributed by atoms with van der Waals surface area (Å²) in [4.78, 5) is 12.8. The molecule has 6 heteroatoms. The Bertz CT molecular complexity index is 718. The fourth-order valence-corrected chi connectivity index (χ4v) is 1.83. The molecule has 0 aliphatic carbocycles. The van der Waals surface area contributed by atoms with Crippen molar-refractivity contribution in [2.75, 3.05) is 5.32 Å². The number of aromatic nitrogens is 5. The first kappa shape index (κ1) is 11.6. The van der Waals surface area contributed by atoms with E-state index in [1.807, 2.05) is 38.2 Å². The molecule has 0 spiro atoms. The first-order valence-electron chi connectivity index (χ1n) is 6.06. The van der Waals surface area contributed by atoms with Crippen LogP contribution in [0.3, 0.4) is 0 Å². The number of anilines is 1. The van der Waals surface area contributed by atoms with E-state index in [2.05, 4.69) is 25.4 Å². The smallest absolute Gasteiger partial charge is 0.243 e. The molecule has 0 saturated heterocycles. The van der Waals surface area contributed by atoms with Crippen LogP contribution in [0.2, 0.25) is 0 Å². The van der Waals surface area contributed by atoms with Gasteiger partial charge in [0.2, 0.25) is 5.95 Å². The highest BCUT2D eigenvalue weighted by Crippen LogP contribution is 2.08. The highest BCUT2D eigenvalue weighted by Gasteiger charge is 2.03. The van der Waals surface area contributed by atoms with E-state index in [1.165, 1.54) is 0 Å². The largest absolute Gasteiger partial charge is 0.347 e. The van der Waals surface area contributed by atoms with Crippen molar-refractivity contribution in [3.8, 4) is 0 Å². The molecule has 0 amide bonds. The summed E-state index contributed by atoms with van der Waals surface area (Å²) >= 11 is 0. The molecule has 3 rings (SSSR count). The zero-order valence-corrected chi connectivity index (χ0v) is 10.8. The lowest BCUT2D eigenvalue weighted by molar-refractivity contribution is 0.919. The summed E-state index contributed by atoms with van der Waals surface area (Å²) in [6, 6.07) is 5.84. The number of hydrogen-bond acceptors (Lipinski definition) is 5. The summed E-state index contributed by atoms with van der Waals surface area (Å²) in [7, 11) is 0. The van der Waals surface area contributed by atoms with Crippen molar-refractivity contribution in [1.82, 2.24) is 24.6 Å². The molecular formula is C13H14N6. The molecule has 3 aromatic rings. The molecule has 0 aliphatic heterocycles. The fraction of sp³-hybridized carbons (Fsp3) is 0.231. The molecule has 6 nitrogen and oxygen atoms in total. The van der Waals surface area contributed by atoms with Crippen LogP contribution in [0.15, 0.2) is 30.6 Å². The molecule has 0 bridgehead atoms. The molecular weight excluding hydrogens is 240 g/mol. The predicted molar refractivity (Wildman–Crippen MR) is 71.8 cm³/mol. The van der Waals surface area contributed by atoms with Gasteiger partial charge in [-0.3, -0.25) is 0 Å². The number of nitrogens with one attached hydrogen (secondary N) is 1. The van der Waals surface area contributed by atoms with E-state index in [0.717, 1.165) is 22.7 Å². The topological polar surface area (TPSA) is 68.0 Å². The minimum atomic E-state index is 0.583. The lowest BCUT2D eigenvalue weighted by Gasteiger charge is -2.01. The Kier molecular flexibility index (Phi) is 2.83. The lowest BCUT2D eigenvalue weighted by atomic mass is 10.3. The second kappa shape index (κ2) is 4.64. The van der Waals surface area contributed by atoms with Gasteiger partial charge in [-0.2, -0.15) is 4.98 Å². The highest BCUT2D eigenvalue weighted by molar-refractivity contribution is 5.44. The third-order valence-electron chi connectivity index (χ3n) is 2.74. The van der Waals surface area contributed by atoms with Gasteiger partial charge in [-0.25, -0.2) is 14.5 Å². The van der Waals surface area contributed by atoms with Crippen LogP contribution in [0.25, 0.3) is 5.65 Å². The van der Waals surface area contributed by atoms with Crippen LogP contribution in [0.1, 0.15) is 17.1 Å². The Morgan fingerprint density at radius 1 is 1.16 bits per heavy atom. The standard InChI is InChI=1S/C13H14N6/c1-9-3-4-12-17-13(18-19(12)8-9)15-7-11-5-6-14-10(2)16-11/h3-6,8H,7H2,1-2H3,(H,15,18). The van der Waals surface area contributed by atoms with Crippen LogP contribution in [-0.2, 0) is 6.54 Å². The van der Waals surface area contributed by atoms with Gasteiger partial charge in [0.15, 0.2) is 5.65 Å². The summed E-state index contributed by atoms with van der Waals surface area (Å²) in [6.07, 6.45) is 3.70. The average molecular weight is 254 g/mol. The molecule has 0 aliphatic rings. The van der Waals surface area contributed by atoms with Gasteiger partial charge in [-0.05, 0) is 31.5 Å². The number of hydrogen-bond donors (Lipinski definition) is 1. The minimum Gasteiger partial charge on any atom is -0.347 e. The van der Waals surface area contributed by atoms with Gasteiger partial charge in [-0.1, -0.05) is 6.07 Å². The van der Waals surface area contributed by atoms with E-state index in [4.69, 9.17) is 0 Å². The zero-order valence-electron chi connectivity index (χ0n) is 10.8. The van der Waals surface area contributed by atoms with Gasteiger partial charge in [0, 0.05) is 12.4 Å². The van der Waals surface area contributed by atoms with E-state index in [1.54, 1.807) is 10.7 Å². The fourth-order valence-electron chi connectivity index (χ4n) is 1.83. The number of fused-ring (bicyclic) bond motifs is 1. The van der Waals surface area contributed by atoms with Crippen LogP contribution in [0.4, 0.5) is 5.95 Å². The van der Waals surface area contributed by atoms with Crippen LogP contribution in [-0.4, -0.2) is 24.6 Å². The number of rotatable bonds is 3. The van der Waals surface area contributed by atoms with Gasteiger partial charge < -0.3 is 5.32 Å². The molecule has 3 aromatic heterocycles. The molecule has 0 atom stereocenters. The quantitative estimate of drug-likeness (QED) is 0.771. The maximum atomic E-state index is 4.39. The Balaban J connectivity index is 1.78. The van der Waals surface area contributed by atoms with Crippen LogP contribution >= 0.6 is 0 Å². The van der Waals surface area contributed by atoms with Crippen molar-refractivity contribution >= 4 is 11.6 Å². The van der Waals surface area contributed by atoms with Crippen molar-refractivity contribution in [3.05, 3.63) is 47.7 Å². The van der Waals surface area contributed by atoms with Crippen LogP contribution < -0.4 is 5.32 Å². The third-order valence-corrected chi connectivity index (χ3v) is 2.74. The summed E-state index contributed by atoms with van der Waals surface area (Å²) in [5.74, 6) is 1.36. The van der Waals surface area contributed by atoms with Crippen molar-refractivity contribution < 1.29 is 0 Å². The van der Waals surface area contributed by atoms with E-state index >= 15 is 0 Å². The van der Waals surface area contributed by atoms with Crippen LogP contribution in [0, 0.1) is 13.8 Å². The summed E-state index contributed by atoms with van der Waals surface area (Å²) in [5, 5.41) is 7.53. The lowest BCUT2D eigenvalue weighted by Crippen LogP contribution is -2.04. The summed E-state index contributed by atoms with van der Waals surface area (Å²) < 4.78 is 1.77. The second-order valence-electron chi connectivity index (χ2n) is 4.39. The first-order valence-corrected chi connectivity index (χ1v) is 6.06. The minimum absolute atomic E-state index is 0.583. The highest BCUT2D eigenvalue weighted by atomic mass is 15.3. The van der Waals surface area contributed by atoms with Crippen molar-refractivity contribution in [1.29, 1.82) is 0 Å². The number of pyridine rings is 1. The monoisotopic (exact) mass is 254 g/mol. The summed E-state index contributed by atoms with van der Waals surface area (Å²) in [5.41, 5.74) is 2.89. The van der Waals surface area contributed by atoms with Gasteiger partial charge in [0.05, 0.1) is 12.2 Å². The zero-order chi connectivity index (χ0) is 13.2. The van der Waals surface area contributed by atoms with Crippen LogP contribution in [0.5, 0.6) is 0 Å². The Morgan fingerprint density at radius 2 is 2.05 bits per heavy atom. The molecule has 3 heterocycles. The second-order valence-corrected chi connectivity index (χ2v) is 4.39. The molecule has 0 aromatic carbocycles. The molecule has 0 radical (unpaired) electrons. The summed E-state index contributed by atoms with van der Waals surface area (Å²) in [6.45, 7) is 4.48. The molecule has 0 saturated carbocycles. The molecule has 1 N–H and O–H groups in total. The molecule has 19 heavy (non-hydrogen) atoms. The van der Waals surface area contributed by atoms with Gasteiger partial charge in [0.25, 0.3) is 0 Å². The van der Waals surface area contributed by atoms with Gasteiger partial charge in [0.1, 0.15) is 5.82 Å².